The Kier molecular flexibility index (Phi) is 8.71. The number of aliphatic hydroxyl groups excluding tert-OH is 2. The van der Waals surface area contributed by atoms with E-state index >= 15 is 0 Å². The highest BCUT2D eigenvalue weighted by molar-refractivity contribution is 7.89. The van der Waals surface area contributed by atoms with Crippen LogP contribution in [0.2, 0.25) is 0 Å². The van der Waals surface area contributed by atoms with Gasteiger partial charge in [0, 0.05) is 30.5 Å². The number of hydrogen-bond acceptors (Lipinski definition) is 10. The molecule has 35 heavy (non-hydrogen) atoms. The Morgan fingerprint density at radius 3 is 2.17 bits per heavy atom. The van der Waals surface area contributed by atoms with Gasteiger partial charge in [-0.2, -0.15) is 0 Å². The van der Waals surface area contributed by atoms with Crippen molar-refractivity contribution in [3.63, 3.8) is 0 Å². The minimum absolute atomic E-state index is 0.0351. The summed E-state index contributed by atoms with van der Waals surface area (Å²) in [5, 5.41) is 20.7. The fourth-order valence-electron chi connectivity index (χ4n) is 2.99. The van der Waals surface area contributed by atoms with E-state index in [2.05, 4.69) is 24.7 Å². The lowest BCUT2D eigenvalue weighted by molar-refractivity contribution is 0.300. The number of ether oxygens (including phenoxy) is 1. The van der Waals surface area contributed by atoms with E-state index in [1.807, 2.05) is 0 Å². The van der Waals surface area contributed by atoms with E-state index in [0.29, 0.717) is 16.9 Å². The van der Waals surface area contributed by atoms with Crippen LogP contribution in [0.1, 0.15) is 0 Å². The highest BCUT2D eigenvalue weighted by Crippen LogP contribution is 2.29. The van der Waals surface area contributed by atoms with Crippen molar-refractivity contribution in [1.82, 2.24) is 19.4 Å². The molecule has 1 heterocycles. The molecule has 0 aliphatic heterocycles. The van der Waals surface area contributed by atoms with E-state index in [1.165, 1.54) is 49.7 Å². The van der Waals surface area contributed by atoms with Crippen LogP contribution in [0, 0.1) is 0 Å². The first kappa shape index (κ1) is 26.5. The van der Waals surface area contributed by atoms with Crippen molar-refractivity contribution in [2.24, 2.45) is 0 Å². The molecule has 0 radical (unpaired) electrons. The molecule has 14 heteroatoms. The van der Waals surface area contributed by atoms with Gasteiger partial charge >= 0.3 is 0 Å². The molecule has 0 fully saturated rings. The SMILES string of the molecule is COc1ccc(-c2ccnc(Nc3ccc(S(=O)(=O)NCCO)cc3)n2)cc1S(=O)(=O)NCCO. The highest BCUT2D eigenvalue weighted by Gasteiger charge is 2.20. The van der Waals surface area contributed by atoms with Gasteiger partial charge in [0.15, 0.2) is 0 Å². The number of anilines is 2. The molecule has 3 rings (SSSR count). The molecular formula is C21H25N5O7S2. The zero-order valence-corrected chi connectivity index (χ0v) is 20.3. The van der Waals surface area contributed by atoms with E-state index in [0.717, 1.165) is 0 Å². The third-order valence-corrected chi connectivity index (χ3v) is 7.59. The predicted octanol–water partition coefficient (Wildman–Crippen LogP) is 0.437. The number of nitrogens with one attached hydrogen (secondary N) is 3. The fourth-order valence-corrected chi connectivity index (χ4v) is 5.23. The number of benzene rings is 2. The maximum atomic E-state index is 12.6. The van der Waals surface area contributed by atoms with Crippen molar-refractivity contribution in [2.45, 2.75) is 9.79 Å². The number of methoxy groups -OCH3 is 1. The zero-order valence-electron chi connectivity index (χ0n) is 18.7. The van der Waals surface area contributed by atoms with Crippen molar-refractivity contribution >= 4 is 31.7 Å². The monoisotopic (exact) mass is 523 g/mol. The van der Waals surface area contributed by atoms with Crippen molar-refractivity contribution in [3.8, 4) is 17.0 Å². The van der Waals surface area contributed by atoms with Crippen molar-refractivity contribution in [3.05, 3.63) is 54.7 Å². The minimum atomic E-state index is -3.94. The maximum Gasteiger partial charge on any atom is 0.244 e. The lowest BCUT2D eigenvalue weighted by Gasteiger charge is -2.12. The molecule has 188 valence electrons. The lowest BCUT2D eigenvalue weighted by Crippen LogP contribution is -2.27. The Balaban J connectivity index is 1.85. The Labute approximate surface area is 203 Å². The Morgan fingerprint density at radius 1 is 0.886 bits per heavy atom. The van der Waals surface area contributed by atoms with Crippen LogP contribution in [0.15, 0.2) is 64.5 Å². The molecule has 0 saturated heterocycles. The fraction of sp³-hybridized carbons (Fsp3) is 0.238. The standard InChI is InChI=1S/C21H25N5O7S2/c1-33-19-7-2-15(14-20(19)35(31,32)24-11-13-28)18-8-9-22-21(26-18)25-16-3-5-17(6-4-16)34(29,30)23-10-12-27/h2-9,14,23-24,27-28H,10-13H2,1H3,(H,22,25,26). The average molecular weight is 524 g/mol. The van der Waals surface area contributed by atoms with Gasteiger partial charge in [-0.3, -0.25) is 0 Å². The summed E-state index contributed by atoms with van der Waals surface area (Å²) in [6.45, 7) is -0.898. The molecule has 0 amide bonds. The largest absolute Gasteiger partial charge is 0.495 e. The summed E-state index contributed by atoms with van der Waals surface area (Å²) in [6.07, 6.45) is 1.49. The molecule has 0 saturated carbocycles. The lowest BCUT2D eigenvalue weighted by atomic mass is 10.1. The van der Waals surface area contributed by atoms with Crippen LogP contribution < -0.4 is 19.5 Å². The van der Waals surface area contributed by atoms with E-state index in [-0.39, 0.29) is 47.8 Å². The number of sulfonamides is 2. The number of rotatable bonds is 12. The molecule has 1 aromatic heterocycles. The summed E-state index contributed by atoms with van der Waals surface area (Å²) in [4.78, 5) is 8.50. The van der Waals surface area contributed by atoms with Gasteiger partial charge in [-0.1, -0.05) is 0 Å². The number of hydrogen-bond donors (Lipinski definition) is 5. The summed E-state index contributed by atoms with van der Waals surface area (Å²) >= 11 is 0. The summed E-state index contributed by atoms with van der Waals surface area (Å²) < 4.78 is 59.2. The Hall–Kier alpha value is -3.14. The molecule has 5 N–H and O–H groups in total. The third-order valence-electron chi connectivity index (χ3n) is 4.63. The van der Waals surface area contributed by atoms with Gasteiger partial charge in [0.1, 0.15) is 10.6 Å². The second-order valence-electron chi connectivity index (χ2n) is 7.02. The molecule has 0 bridgehead atoms. The van der Waals surface area contributed by atoms with Crippen LogP contribution in [0.25, 0.3) is 11.3 Å². The molecular weight excluding hydrogens is 498 g/mol. The van der Waals surface area contributed by atoms with E-state index in [9.17, 15) is 16.8 Å². The smallest absolute Gasteiger partial charge is 0.244 e. The van der Waals surface area contributed by atoms with E-state index in [1.54, 1.807) is 12.1 Å². The summed E-state index contributed by atoms with van der Waals surface area (Å²) in [6, 6.07) is 12.0. The number of aromatic nitrogens is 2. The van der Waals surface area contributed by atoms with Crippen LogP contribution >= 0.6 is 0 Å². The zero-order chi connectivity index (χ0) is 25.5. The second-order valence-corrected chi connectivity index (χ2v) is 10.5. The van der Waals surface area contributed by atoms with Crippen molar-refractivity contribution in [1.29, 1.82) is 0 Å². The molecule has 0 spiro atoms. The predicted molar refractivity (Wildman–Crippen MR) is 128 cm³/mol. The molecule has 0 unspecified atom stereocenters. The quantitative estimate of drug-likeness (QED) is 0.223. The van der Waals surface area contributed by atoms with Crippen LogP contribution in [-0.4, -0.2) is 70.4 Å². The van der Waals surface area contributed by atoms with Crippen molar-refractivity contribution in [2.75, 3.05) is 38.7 Å². The average Bonchev–Trinajstić information content (AvgIpc) is 2.86. The third kappa shape index (κ3) is 6.72. The van der Waals surface area contributed by atoms with Crippen molar-refractivity contribution < 1.29 is 31.8 Å². The Bertz CT molecular complexity index is 1370. The highest BCUT2D eigenvalue weighted by atomic mass is 32.2. The normalized spacial score (nSPS) is 11.9. The first-order valence-electron chi connectivity index (χ1n) is 10.3. The molecule has 2 aromatic carbocycles. The number of nitrogens with zero attached hydrogens (tertiary/aromatic N) is 2. The first-order chi connectivity index (χ1) is 16.7. The number of aliphatic hydroxyl groups is 2. The van der Waals surface area contributed by atoms with Gasteiger partial charge in [-0.05, 0) is 48.5 Å². The summed E-state index contributed by atoms with van der Waals surface area (Å²) in [5.41, 5.74) is 1.43. The summed E-state index contributed by atoms with van der Waals surface area (Å²) in [7, 11) is -6.32. The molecule has 0 aliphatic carbocycles. The van der Waals surface area contributed by atoms with Crippen LogP contribution in [0.4, 0.5) is 11.6 Å². The van der Waals surface area contributed by atoms with Gasteiger partial charge < -0.3 is 20.3 Å². The van der Waals surface area contributed by atoms with E-state index in [4.69, 9.17) is 14.9 Å². The molecule has 0 aliphatic rings. The second kappa shape index (κ2) is 11.5. The van der Waals surface area contributed by atoms with E-state index < -0.39 is 20.0 Å². The topological polar surface area (TPSA) is 180 Å². The molecule has 3 aromatic rings. The van der Waals surface area contributed by atoms with Crippen LogP contribution in [-0.2, 0) is 20.0 Å². The summed E-state index contributed by atoms with van der Waals surface area (Å²) in [5.74, 6) is 0.338. The van der Waals surface area contributed by atoms with Gasteiger partial charge in [0.05, 0.1) is 30.9 Å². The minimum Gasteiger partial charge on any atom is -0.495 e. The molecule has 0 atom stereocenters. The Morgan fingerprint density at radius 2 is 1.54 bits per heavy atom. The maximum absolute atomic E-state index is 12.6. The van der Waals surface area contributed by atoms with Gasteiger partial charge in [0.2, 0.25) is 26.0 Å². The van der Waals surface area contributed by atoms with Gasteiger partial charge in [-0.15, -0.1) is 0 Å². The van der Waals surface area contributed by atoms with Gasteiger partial charge in [0.25, 0.3) is 0 Å². The van der Waals surface area contributed by atoms with Crippen LogP contribution in [0.5, 0.6) is 5.75 Å². The van der Waals surface area contributed by atoms with Crippen LogP contribution in [0.3, 0.4) is 0 Å². The first-order valence-corrected chi connectivity index (χ1v) is 13.3. The molecule has 12 nitrogen and oxygen atoms in total. The van der Waals surface area contributed by atoms with Gasteiger partial charge in [-0.25, -0.2) is 36.2 Å².